The quantitative estimate of drug-likeness (QED) is 0.400. The highest BCUT2D eigenvalue weighted by atomic mass is 15.3. The van der Waals surface area contributed by atoms with Crippen molar-refractivity contribution in [2.45, 2.75) is 33.2 Å². The van der Waals surface area contributed by atoms with Crippen LogP contribution in [0.2, 0.25) is 0 Å². The van der Waals surface area contributed by atoms with Crippen molar-refractivity contribution in [1.82, 2.24) is 14.8 Å². The molecule has 0 unspecified atom stereocenters. The number of hydrogen-bond acceptors (Lipinski definition) is 6. The number of nitrogens with zero attached hydrogens (tertiary/aromatic N) is 5. The van der Waals surface area contributed by atoms with E-state index >= 15 is 0 Å². The van der Waals surface area contributed by atoms with E-state index in [0.29, 0.717) is 34.2 Å². The van der Waals surface area contributed by atoms with E-state index < -0.39 is 0 Å². The molecule has 0 bridgehead atoms. The molecule has 2 aromatic heterocycles. The molecule has 0 amide bonds. The minimum absolute atomic E-state index is 0.281. The van der Waals surface area contributed by atoms with Crippen LogP contribution in [0, 0.1) is 12.3 Å². The van der Waals surface area contributed by atoms with Crippen LogP contribution in [0.25, 0.3) is 5.70 Å². The van der Waals surface area contributed by atoms with Gasteiger partial charge in [-0.3, -0.25) is 9.67 Å². The van der Waals surface area contributed by atoms with Crippen molar-refractivity contribution in [3.63, 3.8) is 0 Å². The first-order valence-electron chi connectivity index (χ1n) is 9.40. The maximum atomic E-state index is 7.83. The van der Waals surface area contributed by atoms with Gasteiger partial charge in [0.1, 0.15) is 11.4 Å². The van der Waals surface area contributed by atoms with Crippen LogP contribution >= 0.6 is 0 Å². The van der Waals surface area contributed by atoms with Crippen molar-refractivity contribution in [3.05, 3.63) is 47.1 Å². The molecule has 0 aromatic carbocycles. The predicted molar refractivity (Wildman–Crippen MR) is 120 cm³/mol. The maximum Gasteiger partial charge on any atom is 0.176 e. The molecule has 0 saturated heterocycles. The molecule has 0 radical (unpaired) electrons. The van der Waals surface area contributed by atoms with Gasteiger partial charge >= 0.3 is 0 Å². The van der Waals surface area contributed by atoms with Crippen LogP contribution in [0.3, 0.4) is 0 Å². The van der Waals surface area contributed by atoms with Gasteiger partial charge in [-0.1, -0.05) is 19.9 Å². The third-order valence-corrected chi connectivity index (χ3v) is 4.34. The summed E-state index contributed by atoms with van der Waals surface area (Å²) in [6.45, 7) is 8.54. The number of nitrogens with two attached hydrogens (primary N) is 2. The molecular weight excluding hydrogens is 366 g/mol. The zero-order valence-electron chi connectivity index (χ0n) is 17.5. The third kappa shape index (κ3) is 4.87. The Kier molecular flexibility index (Phi) is 7.24. The highest BCUT2D eigenvalue weighted by Gasteiger charge is 2.17. The smallest absolute Gasteiger partial charge is 0.176 e. The molecule has 0 spiro atoms. The molecule has 0 saturated carbocycles. The Hall–Kier alpha value is -3.49. The zero-order chi connectivity index (χ0) is 21.6. The number of unbranched alkanes of at least 4 members (excludes halogenated alkanes) is 1. The minimum atomic E-state index is 0.281. The lowest BCUT2D eigenvalue weighted by Gasteiger charge is -2.13. The van der Waals surface area contributed by atoms with Crippen molar-refractivity contribution < 1.29 is 0 Å². The molecule has 2 aromatic rings. The third-order valence-electron chi connectivity index (χ3n) is 4.34. The van der Waals surface area contributed by atoms with E-state index in [1.807, 2.05) is 17.7 Å². The second-order valence-corrected chi connectivity index (χ2v) is 6.53. The van der Waals surface area contributed by atoms with Gasteiger partial charge in [-0.2, -0.15) is 5.10 Å². The van der Waals surface area contributed by atoms with Gasteiger partial charge in [0.25, 0.3) is 0 Å². The second-order valence-electron chi connectivity index (χ2n) is 6.53. The summed E-state index contributed by atoms with van der Waals surface area (Å²) in [6, 6.07) is 3.62. The van der Waals surface area contributed by atoms with Crippen LogP contribution in [0.1, 0.15) is 48.1 Å². The maximum absolute atomic E-state index is 7.83. The summed E-state index contributed by atoms with van der Waals surface area (Å²) in [5.41, 5.74) is 16.1. The van der Waals surface area contributed by atoms with E-state index in [0.717, 1.165) is 30.8 Å². The van der Waals surface area contributed by atoms with Crippen molar-refractivity contribution >= 4 is 29.3 Å². The number of nitrogens with one attached hydrogen (secondary N) is 2. The highest BCUT2D eigenvalue weighted by Crippen LogP contribution is 2.21. The van der Waals surface area contributed by atoms with E-state index in [4.69, 9.17) is 16.9 Å². The molecule has 9 heteroatoms. The lowest BCUT2D eigenvalue weighted by molar-refractivity contribution is 0.564. The fourth-order valence-corrected chi connectivity index (χ4v) is 2.85. The number of aromatic nitrogens is 3. The first-order valence-corrected chi connectivity index (χ1v) is 9.40. The Morgan fingerprint density at radius 3 is 2.66 bits per heavy atom. The molecule has 6 N–H and O–H groups in total. The Morgan fingerprint density at radius 2 is 2.10 bits per heavy atom. The van der Waals surface area contributed by atoms with Gasteiger partial charge in [0, 0.05) is 38.1 Å². The van der Waals surface area contributed by atoms with Crippen molar-refractivity contribution in [2.75, 3.05) is 19.4 Å². The average Bonchev–Trinajstić information content (AvgIpc) is 3.09. The number of hydrogen-bond donors (Lipinski definition) is 4. The summed E-state index contributed by atoms with van der Waals surface area (Å²) in [5, 5.41) is 15.4. The van der Waals surface area contributed by atoms with Crippen LogP contribution in [-0.4, -0.2) is 46.7 Å². The number of aliphatic imine (C=N–C) groups is 2. The summed E-state index contributed by atoms with van der Waals surface area (Å²) in [7, 11) is 3.36. The van der Waals surface area contributed by atoms with Crippen LogP contribution < -0.4 is 16.8 Å². The molecule has 0 aliphatic rings. The lowest BCUT2D eigenvalue weighted by atomic mass is 10.1. The fraction of sp³-hybridized carbons (Fsp3) is 0.350. The summed E-state index contributed by atoms with van der Waals surface area (Å²) < 4.78 is 1.85. The fourth-order valence-electron chi connectivity index (χ4n) is 2.85. The number of pyridine rings is 1. The van der Waals surface area contributed by atoms with Crippen molar-refractivity contribution in [1.29, 1.82) is 5.41 Å². The first-order chi connectivity index (χ1) is 13.9. The van der Waals surface area contributed by atoms with Gasteiger partial charge in [0.15, 0.2) is 11.7 Å². The van der Waals surface area contributed by atoms with Crippen molar-refractivity contribution in [2.24, 2.45) is 21.5 Å². The summed E-state index contributed by atoms with van der Waals surface area (Å²) >= 11 is 0. The topological polar surface area (TPSA) is 143 Å². The van der Waals surface area contributed by atoms with E-state index in [1.165, 1.54) is 6.21 Å². The standard InChI is InChI=1S/C20H29N9/c1-6-7-8-29-17(9-12(2)28-29)19(23)27-20(25-5)18-14(11-21)16(24-4)10-15(26-18)13(3)22/h9-11,21H,3,6-8,22H2,1-2,4-5H3,(H,24,26)(H2,23,25,27). The van der Waals surface area contributed by atoms with E-state index in [-0.39, 0.29) is 5.84 Å². The molecule has 0 aliphatic carbocycles. The van der Waals surface area contributed by atoms with Gasteiger partial charge < -0.3 is 22.2 Å². The lowest BCUT2D eigenvalue weighted by Crippen LogP contribution is -2.22. The monoisotopic (exact) mass is 395 g/mol. The molecule has 154 valence electrons. The molecule has 0 fully saturated rings. The van der Waals surface area contributed by atoms with Gasteiger partial charge in [0.05, 0.1) is 17.1 Å². The SMILES string of the molecule is C=C(N)c1cc(NC)c(C=N)c(C(=NC)N=C(N)c2cc(C)nn2CCCC)n1. The highest BCUT2D eigenvalue weighted by molar-refractivity contribution is 6.13. The largest absolute Gasteiger partial charge is 0.397 e. The summed E-state index contributed by atoms with van der Waals surface area (Å²) in [4.78, 5) is 13.3. The Balaban J connectivity index is 2.59. The molecular formula is C20H29N9. The van der Waals surface area contributed by atoms with Crippen LogP contribution in [-0.2, 0) is 6.54 Å². The van der Waals surface area contributed by atoms with Crippen LogP contribution in [0.4, 0.5) is 5.69 Å². The normalized spacial score (nSPS) is 12.1. The number of rotatable bonds is 8. The first kappa shape index (κ1) is 21.8. The molecule has 0 atom stereocenters. The van der Waals surface area contributed by atoms with Gasteiger partial charge in [-0.05, 0) is 25.5 Å². The Labute approximate surface area is 171 Å². The molecule has 2 rings (SSSR count). The summed E-state index contributed by atoms with van der Waals surface area (Å²) in [5.74, 6) is 0.574. The van der Waals surface area contributed by atoms with Gasteiger partial charge in [0.2, 0.25) is 0 Å². The van der Waals surface area contributed by atoms with Crippen LogP contribution in [0.15, 0.2) is 28.7 Å². The van der Waals surface area contributed by atoms with Gasteiger partial charge in [-0.25, -0.2) is 9.98 Å². The minimum Gasteiger partial charge on any atom is -0.397 e. The molecule has 29 heavy (non-hydrogen) atoms. The number of amidine groups is 2. The Morgan fingerprint density at radius 1 is 1.38 bits per heavy atom. The predicted octanol–water partition coefficient (Wildman–Crippen LogP) is 2.14. The van der Waals surface area contributed by atoms with E-state index in [2.05, 4.69) is 38.9 Å². The summed E-state index contributed by atoms with van der Waals surface area (Å²) in [6.07, 6.45) is 3.23. The average molecular weight is 396 g/mol. The molecule has 0 aliphatic heterocycles. The van der Waals surface area contributed by atoms with E-state index in [1.54, 1.807) is 20.2 Å². The van der Waals surface area contributed by atoms with Crippen LogP contribution in [0.5, 0.6) is 0 Å². The van der Waals surface area contributed by atoms with E-state index in [9.17, 15) is 0 Å². The second kappa shape index (κ2) is 9.63. The molecule has 2 heterocycles. The number of aryl methyl sites for hydroxylation is 2. The zero-order valence-corrected chi connectivity index (χ0v) is 17.5. The number of anilines is 1. The van der Waals surface area contributed by atoms with Crippen molar-refractivity contribution in [3.8, 4) is 0 Å². The van der Waals surface area contributed by atoms with Gasteiger partial charge in [-0.15, -0.1) is 0 Å². The molecule has 9 nitrogen and oxygen atoms in total. The Bertz CT molecular complexity index is 967.